The minimum absolute atomic E-state index is 0.0189. The van der Waals surface area contributed by atoms with Gasteiger partial charge in [-0.3, -0.25) is 9.97 Å². The summed E-state index contributed by atoms with van der Waals surface area (Å²) in [6.07, 6.45) is 10.2. The van der Waals surface area contributed by atoms with Crippen LogP contribution in [-0.2, 0) is 5.54 Å². The van der Waals surface area contributed by atoms with Crippen LogP contribution < -0.4 is 10.6 Å². The SMILES string of the molecule is CC(C)(C)CNc1c(C#N)cnc2c(C#N)cc(N[C@H](c3cn(C4(C5CC5)CC4)nn3)c3cccc4ncccc34)cc12. The number of rotatable bonds is 8. The number of anilines is 2. The van der Waals surface area contributed by atoms with Gasteiger partial charge < -0.3 is 10.6 Å². The lowest BCUT2D eigenvalue weighted by Gasteiger charge is -2.23. The fourth-order valence-electron chi connectivity index (χ4n) is 6.16. The van der Waals surface area contributed by atoms with E-state index in [4.69, 9.17) is 5.10 Å². The van der Waals surface area contributed by atoms with E-state index in [1.165, 1.54) is 12.8 Å². The lowest BCUT2D eigenvalue weighted by molar-refractivity contribution is 0.371. The molecule has 0 spiro atoms. The second kappa shape index (κ2) is 10.1. The fraction of sp³-hybridized carbons (Fsp3) is 0.353. The first-order valence-corrected chi connectivity index (χ1v) is 14.8. The van der Waals surface area contributed by atoms with Crippen LogP contribution >= 0.6 is 0 Å². The zero-order valence-electron chi connectivity index (χ0n) is 24.6. The van der Waals surface area contributed by atoms with Crippen molar-refractivity contribution in [2.75, 3.05) is 17.2 Å². The largest absolute Gasteiger partial charge is 0.383 e. The summed E-state index contributed by atoms with van der Waals surface area (Å²) < 4.78 is 2.09. The van der Waals surface area contributed by atoms with E-state index < -0.39 is 0 Å². The quantitative estimate of drug-likeness (QED) is 0.213. The molecule has 2 aliphatic rings. The smallest absolute Gasteiger partial charge is 0.110 e. The van der Waals surface area contributed by atoms with E-state index in [-0.39, 0.29) is 17.0 Å². The van der Waals surface area contributed by atoms with E-state index in [1.54, 1.807) is 12.4 Å². The number of hydrogen-bond acceptors (Lipinski definition) is 8. The number of fused-ring (bicyclic) bond motifs is 2. The van der Waals surface area contributed by atoms with Gasteiger partial charge in [0, 0.05) is 35.4 Å². The summed E-state index contributed by atoms with van der Waals surface area (Å²) >= 11 is 0. The van der Waals surface area contributed by atoms with Crippen LogP contribution in [0.25, 0.3) is 21.8 Å². The Morgan fingerprint density at radius 3 is 2.56 bits per heavy atom. The van der Waals surface area contributed by atoms with Crippen molar-refractivity contribution < 1.29 is 0 Å². The third kappa shape index (κ3) is 4.91. The molecule has 0 bridgehead atoms. The van der Waals surface area contributed by atoms with Gasteiger partial charge in [0.05, 0.1) is 45.6 Å². The molecule has 3 heterocycles. The molecule has 9 nitrogen and oxygen atoms in total. The first-order chi connectivity index (χ1) is 20.8. The van der Waals surface area contributed by atoms with Crippen molar-refractivity contribution in [1.29, 1.82) is 10.5 Å². The molecule has 43 heavy (non-hydrogen) atoms. The Bertz CT molecular complexity index is 1940. The summed E-state index contributed by atoms with van der Waals surface area (Å²) in [5, 5.41) is 38.4. The van der Waals surface area contributed by atoms with Crippen LogP contribution in [0.4, 0.5) is 11.4 Å². The maximum absolute atomic E-state index is 10.2. The summed E-state index contributed by atoms with van der Waals surface area (Å²) in [7, 11) is 0. The van der Waals surface area contributed by atoms with Crippen molar-refractivity contribution in [2.24, 2.45) is 11.3 Å². The molecule has 1 atom stereocenters. The van der Waals surface area contributed by atoms with E-state index in [0.717, 1.165) is 46.1 Å². The Balaban J connectivity index is 1.36. The predicted octanol–water partition coefficient (Wildman–Crippen LogP) is 6.68. The minimum atomic E-state index is -0.362. The normalized spacial score (nSPS) is 16.4. The monoisotopic (exact) mass is 567 g/mol. The van der Waals surface area contributed by atoms with Crippen molar-refractivity contribution >= 4 is 33.2 Å². The molecule has 2 saturated carbocycles. The molecular formula is C34H33N9. The van der Waals surface area contributed by atoms with Crippen LogP contribution in [0, 0.1) is 34.0 Å². The van der Waals surface area contributed by atoms with Crippen molar-refractivity contribution in [1.82, 2.24) is 25.0 Å². The number of nitrogens with zero attached hydrogens (tertiary/aromatic N) is 7. The van der Waals surface area contributed by atoms with Gasteiger partial charge in [-0.05, 0) is 66.8 Å². The number of nitrogens with one attached hydrogen (secondary N) is 2. The Labute approximate surface area is 250 Å². The minimum Gasteiger partial charge on any atom is -0.383 e. The summed E-state index contributed by atoms with van der Waals surface area (Å²) in [5.41, 5.74) is 5.63. The number of aromatic nitrogens is 5. The number of hydrogen-bond donors (Lipinski definition) is 2. The molecule has 2 aromatic carbocycles. The average molecular weight is 568 g/mol. The zero-order chi connectivity index (χ0) is 29.8. The molecule has 2 N–H and O–H groups in total. The molecule has 0 radical (unpaired) electrons. The summed E-state index contributed by atoms with van der Waals surface area (Å²) in [6.45, 7) is 7.05. The van der Waals surface area contributed by atoms with Gasteiger partial charge in [0.1, 0.15) is 17.8 Å². The van der Waals surface area contributed by atoms with E-state index in [2.05, 4.69) is 81.7 Å². The zero-order valence-corrected chi connectivity index (χ0v) is 24.6. The second-order valence-corrected chi connectivity index (χ2v) is 13.1. The van der Waals surface area contributed by atoms with Gasteiger partial charge in [-0.1, -0.05) is 44.2 Å². The van der Waals surface area contributed by atoms with Gasteiger partial charge in [0.25, 0.3) is 0 Å². The standard InChI is InChI=1S/C34H33N9/c1-33(2,3)20-39-31-22(17-36)18-38-30-21(16-35)14-24(15-27(30)31)40-32(26-6-4-8-28-25(26)7-5-13-37-28)29-19-43(42-41-29)34(11-12-34)23-9-10-23/h4-8,13-15,18-19,23,32,40H,9-12,20H2,1-3H3,(H,38,39)/t32-/m0/s1. The van der Waals surface area contributed by atoms with Crippen molar-refractivity contribution in [3.8, 4) is 12.1 Å². The lowest BCUT2D eigenvalue weighted by atomic mass is 9.96. The highest BCUT2D eigenvalue weighted by atomic mass is 15.5. The van der Waals surface area contributed by atoms with Crippen LogP contribution in [0.2, 0.25) is 0 Å². The lowest BCUT2D eigenvalue weighted by Crippen LogP contribution is -2.20. The van der Waals surface area contributed by atoms with Crippen LogP contribution in [0.5, 0.6) is 0 Å². The number of pyridine rings is 2. The van der Waals surface area contributed by atoms with Gasteiger partial charge >= 0.3 is 0 Å². The molecule has 2 aliphatic carbocycles. The summed E-state index contributed by atoms with van der Waals surface area (Å²) in [5.74, 6) is 0.690. The highest BCUT2D eigenvalue weighted by molar-refractivity contribution is 5.99. The molecule has 7 rings (SSSR count). The average Bonchev–Trinajstić information content (AvgIpc) is 3.95. The van der Waals surface area contributed by atoms with Crippen molar-refractivity contribution in [3.05, 3.63) is 83.4 Å². The summed E-state index contributed by atoms with van der Waals surface area (Å²) in [4.78, 5) is 9.11. The Kier molecular flexibility index (Phi) is 6.28. The van der Waals surface area contributed by atoms with Gasteiger partial charge in [0.2, 0.25) is 0 Å². The molecule has 0 aliphatic heterocycles. The highest BCUT2D eigenvalue weighted by Crippen LogP contribution is 2.59. The molecule has 2 fully saturated rings. The van der Waals surface area contributed by atoms with Gasteiger partial charge in [-0.25, -0.2) is 4.68 Å². The number of benzene rings is 2. The van der Waals surface area contributed by atoms with Gasteiger partial charge in [-0.2, -0.15) is 10.5 Å². The fourth-order valence-corrected chi connectivity index (χ4v) is 6.16. The molecular weight excluding hydrogens is 534 g/mol. The van der Waals surface area contributed by atoms with E-state index in [1.807, 2.05) is 30.3 Å². The molecule has 3 aromatic heterocycles. The van der Waals surface area contributed by atoms with Crippen LogP contribution in [0.3, 0.4) is 0 Å². The third-order valence-electron chi connectivity index (χ3n) is 8.67. The van der Waals surface area contributed by atoms with E-state index >= 15 is 0 Å². The maximum Gasteiger partial charge on any atom is 0.110 e. The first-order valence-electron chi connectivity index (χ1n) is 14.8. The predicted molar refractivity (Wildman–Crippen MR) is 166 cm³/mol. The third-order valence-corrected chi connectivity index (χ3v) is 8.67. The maximum atomic E-state index is 10.2. The molecule has 0 unspecified atom stereocenters. The molecule has 9 heteroatoms. The number of nitriles is 2. The van der Waals surface area contributed by atoms with Crippen LogP contribution in [0.15, 0.2) is 61.1 Å². The van der Waals surface area contributed by atoms with Crippen molar-refractivity contribution in [3.63, 3.8) is 0 Å². The van der Waals surface area contributed by atoms with Crippen LogP contribution in [-0.4, -0.2) is 31.5 Å². The topological polar surface area (TPSA) is 128 Å². The Hall–Kier alpha value is -5.02. The van der Waals surface area contributed by atoms with Crippen molar-refractivity contribution in [2.45, 2.75) is 58.0 Å². The van der Waals surface area contributed by atoms with E-state index in [0.29, 0.717) is 34.8 Å². The first kappa shape index (κ1) is 26.9. The molecule has 5 aromatic rings. The molecule has 0 amide bonds. The van der Waals surface area contributed by atoms with Gasteiger partial charge in [0.15, 0.2) is 0 Å². The highest BCUT2D eigenvalue weighted by Gasteiger charge is 2.56. The Morgan fingerprint density at radius 1 is 1.02 bits per heavy atom. The summed E-state index contributed by atoms with van der Waals surface area (Å²) in [6, 6.07) is 18.2. The van der Waals surface area contributed by atoms with Crippen LogP contribution in [0.1, 0.15) is 74.9 Å². The Morgan fingerprint density at radius 2 is 1.84 bits per heavy atom. The van der Waals surface area contributed by atoms with Gasteiger partial charge in [-0.15, -0.1) is 5.10 Å². The molecule has 214 valence electrons. The molecule has 0 saturated heterocycles. The van der Waals surface area contributed by atoms with E-state index in [9.17, 15) is 10.5 Å². The second-order valence-electron chi connectivity index (χ2n) is 13.1.